The van der Waals surface area contributed by atoms with Crippen molar-refractivity contribution < 1.29 is 14.1 Å². The summed E-state index contributed by atoms with van der Waals surface area (Å²) in [6, 6.07) is 3.09. The fourth-order valence-corrected chi connectivity index (χ4v) is 2.20. The van der Waals surface area contributed by atoms with Crippen LogP contribution in [0.25, 0.3) is 0 Å². The predicted octanol–water partition coefficient (Wildman–Crippen LogP) is 1.44. The van der Waals surface area contributed by atoms with Gasteiger partial charge in [0, 0.05) is 22.7 Å². The van der Waals surface area contributed by atoms with Gasteiger partial charge < -0.3 is 5.11 Å². The predicted molar refractivity (Wildman–Crippen MR) is 58.2 cm³/mol. The van der Waals surface area contributed by atoms with Crippen molar-refractivity contribution in [2.24, 2.45) is 0 Å². The summed E-state index contributed by atoms with van der Waals surface area (Å²) in [4.78, 5) is 14.5. The first-order chi connectivity index (χ1) is 7.13. The number of aromatic nitrogens is 1. The topological polar surface area (TPSA) is 67.3 Å². The highest BCUT2D eigenvalue weighted by Gasteiger charge is 2.05. The van der Waals surface area contributed by atoms with Crippen LogP contribution in [0, 0.1) is 0 Å². The van der Waals surface area contributed by atoms with Crippen molar-refractivity contribution in [3.05, 3.63) is 29.6 Å². The average molecular weight is 227 g/mol. The summed E-state index contributed by atoms with van der Waals surface area (Å²) in [6.45, 7) is 1.97. The standard InChI is InChI=1S/C10H13NO3S/c1-2-5-15(14)7-9-4-3-8(6-11-9)10(12)13/h3-4,6H,2,5,7H2,1H3,(H,12,13). The molecule has 1 aromatic rings. The number of pyridine rings is 1. The summed E-state index contributed by atoms with van der Waals surface area (Å²) in [5.41, 5.74) is 0.826. The van der Waals surface area contributed by atoms with Gasteiger partial charge >= 0.3 is 5.97 Å². The van der Waals surface area contributed by atoms with Crippen LogP contribution in [0.15, 0.2) is 18.3 Å². The summed E-state index contributed by atoms with van der Waals surface area (Å²) >= 11 is 0. The van der Waals surface area contributed by atoms with Crippen molar-refractivity contribution in [3.63, 3.8) is 0 Å². The van der Waals surface area contributed by atoms with Crippen LogP contribution in [0.2, 0.25) is 0 Å². The van der Waals surface area contributed by atoms with Gasteiger partial charge in [0.1, 0.15) is 0 Å². The Morgan fingerprint density at radius 3 is 2.73 bits per heavy atom. The van der Waals surface area contributed by atoms with E-state index in [1.54, 1.807) is 6.07 Å². The van der Waals surface area contributed by atoms with Gasteiger partial charge in [0.15, 0.2) is 0 Å². The summed E-state index contributed by atoms with van der Waals surface area (Å²) < 4.78 is 11.4. The van der Waals surface area contributed by atoms with Crippen LogP contribution in [0.1, 0.15) is 29.4 Å². The molecule has 15 heavy (non-hydrogen) atoms. The lowest BCUT2D eigenvalue weighted by Gasteiger charge is -2.00. The van der Waals surface area contributed by atoms with Gasteiger partial charge in [-0.2, -0.15) is 0 Å². The SMILES string of the molecule is CCCS(=O)Cc1ccc(C(=O)O)cn1. The number of hydrogen-bond donors (Lipinski definition) is 1. The van der Waals surface area contributed by atoms with Gasteiger partial charge in [-0.25, -0.2) is 4.79 Å². The van der Waals surface area contributed by atoms with Crippen LogP contribution in [0.3, 0.4) is 0 Å². The van der Waals surface area contributed by atoms with Crippen molar-refractivity contribution in [1.29, 1.82) is 0 Å². The van der Waals surface area contributed by atoms with E-state index >= 15 is 0 Å². The fourth-order valence-electron chi connectivity index (χ4n) is 1.10. The highest BCUT2D eigenvalue weighted by molar-refractivity contribution is 7.84. The normalized spacial score (nSPS) is 12.3. The second-order valence-corrected chi connectivity index (χ2v) is 4.71. The molecular weight excluding hydrogens is 214 g/mol. The molecule has 0 fully saturated rings. The summed E-state index contributed by atoms with van der Waals surface area (Å²) in [5.74, 6) is 0.0551. The van der Waals surface area contributed by atoms with Crippen molar-refractivity contribution in [1.82, 2.24) is 4.98 Å². The van der Waals surface area contributed by atoms with Gasteiger partial charge in [-0.05, 0) is 18.6 Å². The van der Waals surface area contributed by atoms with Crippen molar-refractivity contribution in [2.75, 3.05) is 5.75 Å². The average Bonchev–Trinajstić information content (AvgIpc) is 2.18. The van der Waals surface area contributed by atoms with E-state index in [-0.39, 0.29) is 5.56 Å². The van der Waals surface area contributed by atoms with Crippen molar-refractivity contribution >= 4 is 16.8 Å². The second kappa shape index (κ2) is 5.60. The molecule has 0 aliphatic carbocycles. The molecule has 5 heteroatoms. The summed E-state index contributed by atoms with van der Waals surface area (Å²) in [6.07, 6.45) is 2.17. The lowest BCUT2D eigenvalue weighted by Crippen LogP contribution is -2.03. The second-order valence-electron chi connectivity index (χ2n) is 3.13. The number of hydrogen-bond acceptors (Lipinski definition) is 3. The Kier molecular flexibility index (Phi) is 4.42. The van der Waals surface area contributed by atoms with E-state index in [0.29, 0.717) is 17.2 Å². The van der Waals surface area contributed by atoms with Gasteiger partial charge in [0.05, 0.1) is 17.0 Å². The Morgan fingerprint density at radius 1 is 1.53 bits per heavy atom. The lowest BCUT2D eigenvalue weighted by atomic mass is 10.2. The fraction of sp³-hybridized carbons (Fsp3) is 0.400. The van der Waals surface area contributed by atoms with Crippen LogP contribution in [-0.4, -0.2) is 26.0 Å². The largest absolute Gasteiger partial charge is 0.478 e. The third kappa shape index (κ3) is 3.79. The molecule has 82 valence electrons. The van der Waals surface area contributed by atoms with Crippen LogP contribution in [-0.2, 0) is 16.6 Å². The number of rotatable bonds is 5. The van der Waals surface area contributed by atoms with Gasteiger partial charge in [-0.1, -0.05) is 6.92 Å². The molecule has 1 atom stereocenters. The molecule has 1 rings (SSSR count). The zero-order valence-electron chi connectivity index (χ0n) is 8.47. The highest BCUT2D eigenvalue weighted by atomic mass is 32.2. The summed E-state index contributed by atoms with van der Waals surface area (Å²) in [7, 11) is -0.898. The Morgan fingerprint density at radius 2 is 2.27 bits per heavy atom. The molecule has 0 amide bonds. The number of carbonyl (C=O) groups is 1. The molecule has 0 radical (unpaired) electrons. The van der Waals surface area contributed by atoms with E-state index in [4.69, 9.17) is 5.11 Å². The molecule has 0 spiro atoms. The van der Waals surface area contributed by atoms with E-state index in [1.165, 1.54) is 12.3 Å². The minimum Gasteiger partial charge on any atom is -0.478 e. The molecule has 1 N–H and O–H groups in total. The van der Waals surface area contributed by atoms with E-state index < -0.39 is 16.8 Å². The smallest absolute Gasteiger partial charge is 0.337 e. The Hall–Kier alpha value is -1.23. The maximum absolute atomic E-state index is 11.4. The molecule has 4 nitrogen and oxygen atoms in total. The monoisotopic (exact) mass is 227 g/mol. The first-order valence-electron chi connectivity index (χ1n) is 4.66. The first kappa shape index (κ1) is 11.8. The quantitative estimate of drug-likeness (QED) is 0.826. The zero-order chi connectivity index (χ0) is 11.3. The maximum atomic E-state index is 11.4. The van der Waals surface area contributed by atoms with E-state index in [9.17, 15) is 9.00 Å². The van der Waals surface area contributed by atoms with Gasteiger partial charge in [-0.3, -0.25) is 9.19 Å². The van der Waals surface area contributed by atoms with Crippen LogP contribution in [0.5, 0.6) is 0 Å². The molecule has 0 aliphatic rings. The molecule has 1 heterocycles. The number of carboxylic acids is 1. The van der Waals surface area contributed by atoms with Gasteiger partial charge in [0.25, 0.3) is 0 Å². The first-order valence-corrected chi connectivity index (χ1v) is 6.15. The number of aromatic carboxylic acids is 1. The zero-order valence-corrected chi connectivity index (χ0v) is 9.29. The van der Waals surface area contributed by atoms with Gasteiger partial charge in [-0.15, -0.1) is 0 Å². The number of nitrogens with zero attached hydrogens (tertiary/aromatic N) is 1. The number of carboxylic acid groups (broad SMARTS) is 1. The van der Waals surface area contributed by atoms with E-state index in [1.807, 2.05) is 6.92 Å². The minimum atomic E-state index is -0.997. The lowest BCUT2D eigenvalue weighted by molar-refractivity contribution is 0.0696. The third-order valence-corrected chi connectivity index (χ3v) is 3.29. The van der Waals surface area contributed by atoms with Crippen LogP contribution >= 0.6 is 0 Å². The molecule has 0 saturated carbocycles. The van der Waals surface area contributed by atoms with Crippen molar-refractivity contribution in [2.45, 2.75) is 19.1 Å². The minimum absolute atomic E-state index is 0.153. The Labute approximate surface area is 90.8 Å². The molecular formula is C10H13NO3S. The van der Waals surface area contributed by atoms with E-state index in [0.717, 1.165) is 6.42 Å². The molecule has 0 saturated heterocycles. The summed E-state index contributed by atoms with van der Waals surface area (Å²) in [5, 5.41) is 8.64. The molecule has 0 aromatic carbocycles. The van der Waals surface area contributed by atoms with Crippen LogP contribution < -0.4 is 0 Å². The Bertz CT molecular complexity index is 361. The van der Waals surface area contributed by atoms with Gasteiger partial charge in [0.2, 0.25) is 0 Å². The van der Waals surface area contributed by atoms with Crippen molar-refractivity contribution in [3.8, 4) is 0 Å². The van der Waals surface area contributed by atoms with E-state index in [2.05, 4.69) is 4.98 Å². The molecule has 1 unspecified atom stereocenters. The van der Waals surface area contributed by atoms with Crippen LogP contribution in [0.4, 0.5) is 0 Å². The highest BCUT2D eigenvalue weighted by Crippen LogP contribution is 2.03. The Balaban J connectivity index is 2.64. The molecule has 0 bridgehead atoms. The third-order valence-electron chi connectivity index (χ3n) is 1.81. The molecule has 0 aliphatic heterocycles. The molecule has 1 aromatic heterocycles. The maximum Gasteiger partial charge on any atom is 0.337 e.